The largest absolute Gasteiger partial charge is 0.484 e. The van der Waals surface area contributed by atoms with Crippen molar-refractivity contribution >= 4 is 17.5 Å². The summed E-state index contributed by atoms with van der Waals surface area (Å²) in [5, 5.41) is 2.77. The van der Waals surface area contributed by atoms with E-state index in [9.17, 15) is 9.18 Å². The third-order valence-corrected chi connectivity index (χ3v) is 3.92. The molecule has 0 aliphatic carbocycles. The zero-order chi connectivity index (χ0) is 17.5. The molecule has 1 aliphatic rings. The second-order valence-electron chi connectivity index (χ2n) is 6.31. The number of halogens is 2. The van der Waals surface area contributed by atoms with E-state index in [4.69, 9.17) is 21.1 Å². The van der Waals surface area contributed by atoms with Crippen LogP contribution in [-0.2, 0) is 9.53 Å². The number of hydrogen-bond donors (Lipinski definition) is 1. The molecule has 1 saturated heterocycles. The maximum atomic E-state index is 13.1. The average Bonchev–Trinajstić information content (AvgIpc) is 2.54. The van der Waals surface area contributed by atoms with Crippen LogP contribution in [0.15, 0.2) is 18.2 Å². The van der Waals surface area contributed by atoms with Gasteiger partial charge < -0.3 is 14.8 Å². The summed E-state index contributed by atoms with van der Waals surface area (Å²) in [4.78, 5) is 14.2. The summed E-state index contributed by atoms with van der Waals surface area (Å²) in [5.41, 5.74) is 0. The van der Waals surface area contributed by atoms with Crippen molar-refractivity contribution in [3.05, 3.63) is 29.0 Å². The molecule has 1 fully saturated rings. The third-order valence-electron chi connectivity index (χ3n) is 3.63. The highest BCUT2D eigenvalue weighted by Crippen LogP contribution is 2.20. The summed E-state index contributed by atoms with van der Waals surface area (Å²) >= 11 is 5.66. The lowest BCUT2D eigenvalue weighted by Gasteiger charge is -2.33. The zero-order valence-electron chi connectivity index (χ0n) is 14.1. The molecule has 134 valence electrons. The second-order valence-corrected chi connectivity index (χ2v) is 6.72. The molecule has 1 heterocycles. The summed E-state index contributed by atoms with van der Waals surface area (Å²) in [6.07, 6.45) is -0.0123. The molecule has 0 radical (unpaired) electrons. The van der Waals surface area contributed by atoms with Crippen molar-refractivity contribution in [2.75, 3.05) is 39.4 Å². The minimum absolute atomic E-state index is 0.0123. The molecule has 1 aromatic carbocycles. The molecule has 0 aromatic heterocycles. The molecule has 0 spiro atoms. The van der Waals surface area contributed by atoms with Gasteiger partial charge in [-0.25, -0.2) is 4.39 Å². The maximum absolute atomic E-state index is 13.1. The summed E-state index contributed by atoms with van der Waals surface area (Å²) in [7, 11) is 0. The molecule has 1 atom stereocenters. The molecule has 0 saturated carbocycles. The fourth-order valence-electron chi connectivity index (χ4n) is 2.58. The Bertz CT molecular complexity index is 557. The van der Waals surface area contributed by atoms with E-state index in [-0.39, 0.29) is 23.6 Å². The van der Waals surface area contributed by atoms with Gasteiger partial charge in [0.25, 0.3) is 5.91 Å². The molecule has 24 heavy (non-hydrogen) atoms. The fourth-order valence-corrected chi connectivity index (χ4v) is 2.75. The highest BCUT2D eigenvalue weighted by Gasteiger charge is 2.21. The predicted octanol–water partition coefficient (Wildman–Crippen LogP) is 2.33. The first-order valence-corrected chi connectivity index (χ1v) is 8.50. The first kappa shape index (κ1) is 19.0. The molecule has 1 amide bonds. The van der Waals surface area contributed by atoms with Crippen LogP contribution in [0.25, 0.3) is 0 Å². The monoisotopic (exact) mass is 358 g/mol. The van der Waals surface area contributed by atoms with E-state index in [0.29, 0.717) is 24.8 Å². The van der Waals surface area contributed by atoms with Crippen molar-refractivity contribution in [3.63, 3.8) is 0 Å². The van der Waals surface area contributed by atoms with Crippen molar-refractivity contribution in [1.29, 1.82) is 0 Å². The van der Waals surface area contributed by atoms with Crippen LogP contribution >= 0.6 is 11.6 Å². The second kappa shape index (κ2) is 9.20. The van der Waals surface area contributed by atoms with Gasteiger partial charge in [0.2, 0.25) is 0 Å². The molecule has 1 aliphatic heterocycles. The number of morpholine rings is 1. The van der Waals surface area contributed by atoms with Crippen molar-refractivity contribution in [3.8, 4) is 5.75 Å². The van der Waals surface area contributed by atoms with E-state index in [1.165, 1.54) is 18.2 Å². The summed E-state index contributed by atoms with van der Waals surface area (Å²) in [6.45, 7) is 8.12. The van der Waals surface area contributed by atoms with Crippen LogP contribution < -0.4 is 10.1 Å². The molecular weight excluding hydrogens is 335 g/mol. The quantitative estimate of drug-likeness (QED) is 0.812. The number of nitrogens with zero attached hydrogens (tertiary/aromatic N) is 1. The zero-order valence-corrected chi connectivity index (χ0v) is 14.8. The van der Waals surface area contributed by atoms with Crippen LogP contribution in [0.2, 0.25) is 5.02 Å². The highest BCUT2D eigenvalue weighted by molar-refractivity contribution is 6.30. The van der Waals surface area contributed by atoms with Gasteiger partial charge in [-0.1, -0.05) is 25.4 Å². The van der Waals surface area contributed by atoms with E-state index < -0.39 is 5.82 Å². The van der Waals surface area contributed by atoms with Gasteiger partial charge in [-0.3, -0.25) is 9.69 Å². The minimum atomic E-state index is -0.520. The Morgan fingerprint density at radius 2 is 2.33 bits per heavy atom. The van der Waals surface area contributed by atoms with Gasteiger partial charge in [0.15, 0.2) is 6.61 Å². The average molecular weight is 359 g/mol. The number of carbonyl (C=O) groups is 1. The molecule has 5 nitrogen and oxygen atoms in total. The number of rotatable bonds is 7. The minimum Gasteiger partial charge on any atom is -0.484 e. The number of amides is 1. The summed E-state index contributed by atoms with van der Waals surface area (Å²) in [5.74, 6) is 0.191. The predicted molar refractivity (Wildman–Crippen MR) is 90.9 cm³/mol. The van der Waals surface area contributed by atoms with E-state index >= 15 is 0 Å². The molecule has 1 aromatic rings. The van der Waals surface area contributed by atoms with Crippen LogP contribution in [0.4, 0.5) is 4.39 Å². The van der Waals surface area contributed by atoms with E-state index in [2.05, 4.69) is 24.1 Å². The Kier molecular flexibility index (Phi) is 7.27. The van der Waals surface area contributed by atoms with Crippen LogP contribution in [0.3, 0.4) is 0 Å². The highest BCUT2D eigenvalue weighted by atomic mass is 35.5. The molecular formula is C17H24ClFN2O3. The van der Waals surface area contributed by atoms with Crippen LogP contribution in [0.1, 0.15) is 13.8 Å². The van der Waals surface area contributed by atoms with Gasteiger partial charge in [-0.05, 0) is 18.1 Å². The standard InChI is InChI=1S/C17H24ClFN2O3/c1-12(2)9-21-5-6-23-14(10-21)8-20-17(22)11-24-13-3-4-16(19)15(18)7-13/h3-4,7,12,14H,5-6,8-11H2,1-2H3,(H,20,22). The fraction of sp³-hybridized carbons (Fsp3) is 0.588. The van der Waals surface area contributed by atoms with Crippen LogP contribution in [0, 0.1) is 11.7 Å². The van der Waals surface area contributed by atoms with E-state index in [1.807, 2.05) is 0 Å². The Labute approximate surface area is 147 Å². The Morgan fingerprint density at radius 1 is 1.54 bits per heavy atom. The Balaban J connectivity index is 1.69. The van der Waals surface area contributed by atoms with E-state index in [0.717, 1.165) is 19.6 Å². The Hall–Kier alpha value is -1.37. The number of hydrogen-bond acceptors (Lipinski definition) is 4. The van der Waals surface area contributed by atoms with Crippen molar-refractivity contribution in [2.45, 2.75) is 20.0 Å². The van der Waals surface area contributed by atoms with Gasteiger partial charge >= 0.3 is 0 Å². The van der Waals surface area contributed by atoms with Gasteiger partial charge in [0.05, 0.1) is 17.7 Å². The first-order chi connectivity index (χ1) is 11.4. The number of ether oxygens (including phenoxy) is 2. The van der Waals surface area contributed by atoms with Gasteiger partial charge in [-0.15, -0.1) is 0 Å². The maximum Gasteiger partial charge on any atom is 0.258 e. The lowest BCUT2D eigenvalue weighted by atomic mass is 10.2. The molecule has 7 heteroatoms. The first-order valence-electron chi connectivity index (χ1n) is 8.12. The van der Waals surface area contributed by atoms with Crippen LogP contribution in [-0.4, -0.2) is 56.3 Å². The number of nitrogens with one attached hydrogen (secondary N) is 1. The summed E-state index contributed by atoms with van der Waals surface area (Å²) < 4.78 is 24.0. The molecule has 1 N–H and O–H groups in total. The lowest BCUT2D eigenvalue weighted by Crippen LogP contribution is -2.48. The van der Waals surface area contributed by atoms with Gasteiger partial charge in [-0.2, -0.15) is 0 Å². The van der Waals surface area contributed by atoms with Gasteiger partial charge in [0.1, 0.15) is 11.6 Å². The molecule has 2 rings (SSSR count). The third kappa shape index (κ3) is 6.26. The van der Waals surface area contributed by atoms with Crippen molar-refractivity contribution in [1.82, 2.24) is 10.2 Å². The van der Waals surface area contributed by atoms with Crippen molar-refractivity contribution in [2.24, 2.45) is 5.92 Å². The number of carbonyl (C=O) groups excluding carboxylic acids is 1. The molecule has 0 bridgehead atoms. The normalized spacial score (nSPS) is 18.6. The van der Waals surface area contributed by atoms with E-state index in [1.54, 1.807) is 0 Å². The topological polar surface area (TPSA) is 50.8 Å². The summed E-state index contributed by atoms with van der Waals surface area (Å²) in [6, 6.07) is 3.98. The van der Waals surface area contributed by atoms with Crippen LogP contribution in [0.5, 0.6) is 5.75 Å². The number of benzene rings is 1. The van der Waals surface area contributed by atoms with Gasteiger partial charge in [0, 0.05) is 32.2 Å². The Morgan fingerprint density at radius 3 is 3.04 bits per heavy atom. The molecule has 1 unspecified atom stereocenters. The lowest BCUT2D eigenvalue weighted by molar-refractivity contribution is -0.124. The smallest absolute Gasteiger partial charge is 0.258 e. The SMILES string of the molecule is CC(C)CN1CCOC(CNC(=O)COc2ccc(F)c(Cl)c2)C1. The van der Waals surface area contributed by atoms with Crippen molar-refractivity contribution < 1.29 is 18.7 Å².